The van der Waals surface area contributed by atoms with E-state index in [0.29, 0.717) is 18.9 Å². The van der Waals surface area contributed by atoms with Crippen molar-refractivity contribution in [1.82, 2.24) is 5.43 Å². The average molecular weight is 383 g/mol. The van der Waals surface area contributed by atoms with Gasteiger partial charge in [0.05, 0.1) is 19.4 Å². The van der Waals surface area contributed by atoms with Crippen LogP contribution >= 0.6 is 0 Å². The predicted octanol–water partition coefficient (Wildman–Crippen LogP) is 3.35. The lowest BCUT2D eigenvalue weighted by Crippen LogP contribution is -2.20. The summed E-state index contributed by atoms with van der Waals surface area (Å²) in [5.74, 6) is 0.950. The van der Waals surface area contributed by atoms with E-state index in [9.17, 15) is 9.59 Å². The molecule has 0 radical (unpaired) electrons. The summed E-state index contributed by atoms with van der Waals surface area (Å²) in [6.07, 6.45) is 1.65. The number of amides is 2. The number of anilines is 1. The van der Waals surface area contributed by atoms with Gasteiger partial charge in [0.25, 0.3) is 0 Å². The Morgan fingerprint density at radius 1 is 0.857 bits per heavy atom. The molecular weight excluding hydrogens is 358 g/mol. The molecule has 0 unspecified atom stereocenters. The first-order valence-corrected chi connectivity index (χ1v) is 9.18. The van der Waals surface area contributed by atoms with Crippen molar-refractivity contribution in [2.45, 2.75) is 26.7 Å². The Kier molecular flexibility index (Phi) is 8.52. The van der Waals surface area contributed by atoms with Gasteiger partial charge >= 0.3 is 0 Å². The van der Waals surface area contributed by atoms with E-state index in [-0.39, 0.29) is 24.7 Å². The Hall–Kier alpha value is -3.35. The molecule has 2 N–H and O–H groups in total. The van der Waals surface area contributed by atoms with Crippen LogP contribution in [-0.4, -0.2) is 31.2 Å². The van der Waals surface area contributed by atoms with Crippen molar-refractivity contribution in [3.05, 3.63) is 54.1 Å². The first kappa shape index (κ1) is 21.0. The molecule has 0 spiro atoms. The summed E-state index contributed by atoms with van der Waals surface area (Å²) in [4.78, 5) is 23.7. The van der Waals surface area contributed by atoms with Crippen molar-refractivity contribution in [2.24, 2.45) is 5.10 Å². The fourth-order valence-electron chi connectivity index (χ4n) is 2.30. The van der Waals surface area contributed by atoms with Gasteiger partial charge in [0.1, 0.15) is 11.5 Å². The fraction of sp³-hybridized carbons (Fsp3) is 0.286. The number of carbonyl (C=O) groups is 2. The van der Waals surface area contributed by atoms with Crippen molar-refractivity contribution in [3.8, 4) is 11.5 Å². The smallest absolute Gasteiger partial charge is 0.240 e. The maximum atomic E-state index is 11.9. The van der Waals surface area contributed by atoms with Gasteiger partial charge in [-0.15, -0.1) is 0 Å². The van der Waals surface area contributed by atoms with Gasteiger partial charge in [-0.2, -0.15) is 5.10 Å². The zero-order valence-electron chi connectivity index (χ0n) is 16.1. The van der Waals surface area contributed by atoms with E-state index >= 15 is 0 Å². The second-order valence-electron chi connectivity index (χ2n) is 5.80. The number of benzene rings is 2. The lowest BCUT2D eigenvalue weighted by Gasteiger charge is -2.07. The van der Waals surface area contributed by atoms with Gasteiger partial charge < -0.3 is 14.8 Å². The van der Waals surface area contributed by atoms with Gasteiger partial charge in [-0.05, 0) is 67.9 Å². The number of carbonyl (C=O) groups excluding carboxylic acids is 2. The van der Waals surface area contributed by atoms with E-state index in [1.807, 2.05) is 38.1 Å². The topological polar surface area (TPSA) is 89.0 Å². The van der Waals surface area contributed by atoms with Crippen molar-refractivity contribution < 1.29 is 19.1 Å². The standard InChI is InChI=1S/C21H25N3O4/c1-3-27-18-9-5-16(6-10-18)15-22-24-21(26)14-13-20(25)23-17-7-11-19(12-8-17)28-4-2/h5-12,15H,3-4,13-14H2,1-2H3,(H,23,25)(H,24,26)/b22-15+. The van der Waals surface area contributed by atoms with Crippen LogP contribution in [0.5, 0.6) is 11.5 Å². The zero-order valence-corrected chi connectivity index (χ0v) is 16.1. The lowest BCUT2D eigenvalue weighted by atomic mass is 10.2. The average Bonchev–Trinajstić information content (AvgIpc) is 2.70. The van der Waals surface area contributed by atoms with Crippen LogP contribution in [0.2, 0.25) is 0 Å². The highest BCUT2D eigenvalue weighted by Crippen LogP contribution is 2.16. The summed E-state index contributed by atoms with van der Waals surface area (Å²) >= 11 is 0. The van der Waals surface area contributed by atoms with E-state index in [1.54, 1.807) is 24.3 Å². The van der Waals surface area contributed by atoms with Crippen molar-refractivity contribution >= 4 is 23.7 Å². The quantitative estimate of drug-likeness (QED) is 0.486. The molecule has 0 aliphatic carbocycles. The summed E-state index contributed by atoms with van der Waals surface area (Å²) in [5, 5.41) is 6.63. The van der Waals surface area contributed by atoms with E-state index in [2.05, 4.69) is 15.8 Å². The minimum Gasteiger partial charge on any atom is -0.494 e. The highest BCUT2D eigenvalue weighted by Gasteiger charge is 2.07. The van der Waals surface area contributed by atoms with E-state index in [4.69, 9.17) is 9.47 Å². The maximum Gasteiger partial charge on any atom is 0.240 e. The van der Waals surface area contributed by atoms with Crippen molar-refractivity contribution in [2.75, 3.05) is 18.5 Å². The predicted molar refractivity (Wildman–Crippen MR) is 109 cm³/mol. The second kappa shape index (κ2) is 11.4. The Bertz CT molecular complexity index is 786. The van der Waals surface area contributed by atoms with Crippen LogP contribution in [0.4, 0.5) is 5.69 Å². The van der Waals surface area contributed by atoms with Gasteiger partial charge in [-0.1, -0.05) is 0 Å². The van der Waals surface area contributed by atoms with Crippen LogP contribution in [0.1, 0.15) is 32.3 Å². The third-order valence-corrected chi connectivity index (χ3v) is 3.62. The number of rotatable bonds is 10. The van der Waals surface area contributed by atoms with Crippen molar-refractivity contribution in [3.63, 3.8) is 0 Å². The van der Waals surface area contributed by atoms with Crippen LogP contribution in [0.3, 0.4) is 0 Å². The molecule has 0 aliphatic heterocycles. The van der Waals surface area contributed by atoms with Crippen LogP contribution in [0.25, 0.3) is 0 Å². The second-order valence-corrected chi connectivity index (χ2v) is 5.80. The molecule has 2 rings (SSSR count). The van der Waals surface area contributed by atoms with Gasteiger partial charge in [0, 0.05) is 18.5 Å². The summed E-state index contributed by atoms with van der Waals surface area (Å²) in [6, 6.07) is 14.4. The molecule has 0 saturated heterocycles. The molecule has 148 valence electrons. The van der Waals surface area contributed by atoms with E-state index in [1.165, 1.54) is 6.21 Å². The van der Waals surface area contributed by atoms with Gasteiger partial charge in [0.2, 0.25) is 11.8 Å². The van der Waals surface area contributed by atoms with Crippen LogP contribution in [0, 0.1) is 0 Å². The first-order chi connectivity index (χ1) is 13.6. The molecule has 0 fully saturated rings. The molecular formula is C21H25N3O4. The van der Waals surface area contributed by atoms with Gasteiger partial charge in [0.15, 0.2) is 0 Å². The minimum absolute atomic E-state index is 0.0451. The minimum atomic E-state index is -0.330. The van der Waals surface area contributed by atoms with Gasteiger partial charge in [-0.3, -0.25) is 9.59 Å². The summed E-state index contributed by atoms with van der Waals surface area (Å²) in [7, 11) is 0. The Balaban J connectivity index is 1.70. The molecule has 2 aromatic carbocycles. The molecule has 0 heterocycles. The third kappa shape index (κ3) is 7.49. The zero-order chi connectivity index (χ0) is 20.2. The Morgan fingerprint density at radius 2 is 1.39 bits per heavy atom. The molecule has 0 aromatic heterocycles. The Labute approximate surface area is 164 Å². The molecule has 28 heavy (non-hydrogen) atoms. The number of nitrogens with zero attached hydrogens (tertiary/aromatic N) is 1. The number of hydrazone groups is 1. The molecule has 7 heteroatoms. The first-order valence-electron chi connectivity index (χ1n) is 9.18. The molecule has 2 aromatic rings. The third-order valence-electron chi connectivity index (χ3n) is 3.62. The number of nitrogens with one attached hydrogen (secondary N) is 2. The molecule has 0 saturated carbocycles. The molecule has 0 atom stereocenters. The summed E-state index contributed by atoms with van der Waals surface area (Å²) in [5.41, 5.74) is 3.90. The lowest BCUT2D eigenvalue weighted by molar-refractivity contribution is -0.124. The van der Waals surface area contributed by atoms with Crippen LogP contribution < -0.4 is 20.2 Å². The van der Waals surface area contributed by atoms with Crippen LogP contribution in [-0.2, 0) is 9.59 Å². The van der Waals surface area contributed by atoms with Gasteiger partial charge in [-0.25, -0.2) is 5.43 Å². The maximum absolute atomic E-state index is 11.9. The van der Waals surface area contributed by atoms with Crippen molar-refractivity contribution in [1.29, 1.82) is 0 Å². The van der Waals surface area contributed by atoms with E-state index in [0.717, 1.165) is 17.1 Å². The molecule has 0 aliphatic rings. The molecule has 0 bridgehead atoms. The highest BCUT2D eigenvalue weighted by atomic mass is 16.5. The molecule has 7 nitrogen and oxygen atoms in total. The van der Waals surface area contributed by atoms with E-state index < -0.39 is 0 Å². The summed E-state index contributed by atoms with van der Waals surface area (Å²) in [6.45, 7) is 5.02. The molecule has 2 amide bonds. The highest BCUT2D eigenvalue weighted by molar-refractivity contribution is 5.93. The van der Waals surface area contributed by atoms with Crippen LogP contribution in [0.15, 0.2) is 53.6 Å². The number of hydrogen-bond acceptors (Lipinski definition) is 5. The monoisotopic (exact) mass is 383 g/mol. The number of ether oxygens (including phenoxy) is 2. The SMILES string of the molecule is CCOc1ccc(/C=N/NC(=O)CCC(=O)Nc2ccc(OCC)cc2)cc1. The normalized spacial score (nSPS) is 10.5. The fourth-order valence-corrected chi connectivity index (χ4v) is 2.30. The summed E-state index contributed by atoms with van der Waals surface area (Å²) < 4.78 is 10.7. The Morgan fingerprint density at radius 3 is 1.96 bits per heavy atom. The number of hydrogen-bond donors (Lipinski definition) is 2. The largest absolute Gasteiger partial charge is 0.494 e.